The van der Waals surface area contributed by atoms with E-state index in [1.807, 2.05) is 13.8 Å². The molecule has 1 amide bonds. The summed E-state index contributed by atoms with van der Waals surface area (Å²) in [5.41, 5.74) is 0. The maximum absolute atomic E-state index is 11.2. The molecular weight excluding hydrogens is 142 g/mol. The third-order valence-electron chi connectivity index (χ3n) is 1.75. The van der Waals surface area contributed by atoms with Crippen LogP contribution in [0.3, 0.4) is 0 Å². The first kappa shape index (κ1) is 8.04. The molecule has 1 N–H and O–H groups in total. The van der Waals surface area contributed by atoms with Crippen molar-refractivity contribution < 1.29 is 4.79 Å². The molecule has 4 heteroatoms. The van der Waals surface area contributed by atoms with Gasteiger partial charge in [0.05, 0.1) is 6.54 Å². The summed E-state index contributed by atoms with van der Waals surface area (Å²) in [6.45, 7) is 4.16. The smallest absolute Gasteiger partial charge is 0.249 e. The summed E-state index contributed by atoms with van der Waals surface area (Å²) in [5, 5.41) is 7.50. The average molecular weight is 155 g/mol. The Labute approximate surface area is 66.3 Å². The van der Waals surface area contributed by atoms with Crippen molar-refractivity contribution in [3.05, 3.63) is 0 Å². The van der Waals surface area contributed by atoms with Gasteiger partial charge in [-0.15, -0.1) is 0 Å². The molecule has 0 spiro atoms. The summed E-state index contributed by atoms with van der Waals surface area (Å²) in [6.07, 6.45) is 0. The van der Waals surface area contributed by atoms with Crippen LogP contribution in [-0.4, -0.2) is 41.3 Å². The van der Waals surface area contributed by atoms with Gasteiger partial charge in [-0.05, 0) is 13.8 Å². The van der Waals surface area contributed by atoms with E-state index in [0.29, 0.717) is 12.5 Å². The highest BCUT2D eigenvalue weighted by Crippen LogP contribution is 2.09. The Morgan fingerprint density at radius 2 is 2.09 bits per heavy atom. The topological polar surface area (TPSA) is 47.4 Å². The van der Waals surface area contributed by atoms with Crippen molar-refractivity contribution in [1.29, 1.82) is 5.41 Å². The van der Waals surface area contributed by atoms with Crippen LogP contribution in [0.25, 0.3) is 0 Å². The van der Waals surface area contributed by atoms with Gasteiger partial charge in [-0.3, -0.25) is 15.1 Å². The van der Waals surface area contributed by atoms with Crippen LogP contribution in [0.4, 0.5) is 0 Å². The molecule has 62 valence electrons. The van der Waals surface area contributed by atoms with Crippen molar-refractivity contribution >= 4 is 11.9 Å². The molecule has 1 rings (SSSR count). The molecule has 0 bridgehead atoms. The minimum atomic E-state index is 0.0208. The minimum absolute atomic E-state index is 0.0208. The Kier molecular flexibility index (Phi) is 1.85. The molecule has 4 nitrogen and oxygen atoms in total. The largest absolute Gasteiger partial charge is 0.336 e. The Bertz CT molecular complexity index is 200. The molecule has 0 aromatic carbocycles. The number of guanidine groups is 1. The molecule has 1 saturated heterocycles. The summed E-state index contributed by atoms with van der Waals surface area (Å²) in [7, 11) is 1.75. The predicted octanol–water partition coefficient (Wildman–Crippen LogP) is 0.104. The van der Waals surface area contributed by atoms with E-state index in [-0.39, 0.29) is 11.9 Å². The monoisotopic (exact) mass is 155 g/mol. The van der Waals surface area contributed by atoms with E-state index in [2.05, 4.69) is 0 Å². The number of hydrogen-bond donors (Lipinski definition) is 1. The lowest BCUT2D eigenvalue weighted by Crippen LogP contribution is -2.37. The fourth-order valence-corrected chi connectivity index (χ4v) is 1.19. The van der Waals surface area contributed by atoms with Crippen LogP contribution in [0.2, 0.25) is 0 Å². The van der Waals surface area contributed by atoms with Crippen LogP contribution >= 0.6 is 0 Å². The normalized spacial score (nSPS) is 18.9. The molecule has 0 aromatic rings. The highest BCUT2D eigenvalue weighted by atomic mass is 16.2. The van der Waals surface area contributed by atoms with E-state index in [1.54, 1.807) is 11.9 Å². The molecule has 1 heterocycles. The van der Waals surface area contributed by atoms with Gasteiger partial charge in [0.1, 0.15) is 0 Å². The lowest BCUT2D eigenvalue weighted by atomic mass is 10.3. The highest BCUT2D eigenvalue weighted by Gasteiger charge is 2.31. The third kappa shape index (κ3) is 1.20. The van der Waals surface area contributed by atoms with Crippen LogP contribution in [0.15, 0.2) is 0 Å². The molecule has 11 heavy (non-hydrogen) atoms. The lowest BCUT2D eigenvalue weighted by Gasteiger charge is -2.20. The second-order valence-electron chi connectivity index (χ2n) is 3.04. The maximum atomic E-state index is 11.2. The van der Waals surface area contributed by atoms with Crippen molar-refractivity contribution in [2.45, 2.75) is 19.9 Å². The van der Waals surface area contributed by atoms with Gasteiger partial charge in [0.2, 0.25) is 11.9 Å². The van der Waals surface area contributed by atoms with Gasteiger partial charge >= 0.3 is 0 Å². The molecule has 0 saturated carbocycles. The van der Waals surface area contributed by atoms with Gasteiger partial charge in [0.15, 0.2) is 0 Å². The number of hydrogen-bond acceptors (Lipinski definition) is 2. The van der Waals surface area contributed by atoms with Crippen LogP contribution in [0, 0.1) is 5.41 Å². The van der Waals surface area contributed by atoms with Gasteiger partial charge in [-0.25, -0.2) is 0 Å². The average Bonchev–Trinajstić information content (AvgIpc) is 2.07. The first-order chi connectivity index (χ1) is 5.04. The van der Waals surface area contributed by atoms with E-state index in [1.165, 1.54) is 4.90 Å². The molecular formula is C7H13N3O. The molecule has 1 aliphatic rings. The summed E-state index contributed by atoms with van der Waals surface area (Å²) in [6, 6.07) is 0.0972. The SMILES string of the molecule is CC(C)N1C(=N)N(C)CC1=O. The molecule has 0 atom stereocenters. The summed E-state index contributed by atoms with van der Waals surface area (Å²) in [5.74, 6) is 0.331. The number of nitrogens with one attached hydrogen (secondary N) is 1. The molecule has 0 aromatic heterocycles. The van der Waals surface area contributed by atoms with Gasteiger partial charge < -0.3 is 4.90 Å². The number of amides is 1. The van der Waals surface area contributed by atoms with E-state index in [0.717, 1.165) is 0 Å². The minimum Gasteiger partial charge on any atom is -0.336 e. The van der Waals surface area contributed by atoms with Gasteiger partial charge in [0, 0.05) is 13.1 Å². The molecule has 1 fully saturated rings. The predicted molar refractivity (Wildman–Crippen MR) is 42.3 cm³/mol. The van der Waals surface area contributed by atoms with Gasteiger partial charge in [-0.1, -0.05) is 0 Å². The van der Waals surface area contributed by atoms with Gasteiger partial charge in [-0.2, -0.15) is 0 Å². The number of carbonyl (C=O) groups excluding carboxylic acids is 1. The Morgan fingerprint density at radius 1 is 1.55 bits per heavy atom. The molecule has 0 radical (unpaired) electrons. The maximum Gasteiger partial charge on any atom is 0.249 e. The van der Waals surface area contributed by atoms with Crippen molar-refractivity contribution in [3.63, 3.8) is 0 Å². The summed E-state index contributed by atoms with van der Waals surface area (Å²) < 4.78 is 0. The number of carbonyl (C=O) groups is 1. The number of rotatable bonds is 1. The molecule has 1 aliphatic heterocycles. The summed E-state index contributed by atoms with van der Waals surface area (Å²) in [4.78, 5) is 14.3. The first-order valence-electron chi connectivity index (χ1n) is 3.65. The van der Waals surface area contributed by atoms with E-state index >= 15 is 0 Å². The van der Waals surface area contributed by atoms with Crippen LogP contribution in [0.5, 0.6) is 0 Å². The van der Waals surface area contributed by atoms with E-state index in [9.17, 15) is 4.79 Å². The van der Waals surface area contributed by atoms with Crippen LogP contribution in [-0.2, 0) is 4.79 Å². The zero-order valence-corrected chi connectivity index (χ0v) is 7.09. The zero-order chi connectivity index (χ0) is 8.59. The highest BCUT2D eigenvalue weighted by molar-refractivity contribution is 6.03. The first-order valence-corrected chi connectivity index (χ1v) is 3.65. The third-order valence-corrected chi connectivity index (χ3v) is 1.75. The fraction of sp³-hybridized carbons (Fsp3) is 0.714. The van der Waals surface area contributed by atoms with Crippen molar-refractivity contribution in [1.82, 2.24) is 9.80 Å². The number of nitrogens with zero attached hydrogens (tertiary/aromatic N) is 2. The zero-order valence-electron chi connectivity index (χ0n) is 7.09. The number of likely N-dealkylation sites (N-methyl/N-ethyl adjacent to an activating group) is 1. The van der Waals surface area contributed by atoms with Crippen LogP contribution < -0.4 is 0 Å². The van der Waals surface area contributed by atoms with Crippen LogP contribution in [0.1, 0.15) is 13.8 Å². The second-order valence-corrected chi connectivity index (χ2v) is 3.04. The molecule has 0 unspecified atom stereocenters. The Balaban J connectivity index is 2.80. The second kappa shape index (κ2) is 2.53. The lowest BCUT2D eigenvalue weighted by molar-refractivity contribution is -0.126. The standard InChI is InChI=1S/C7H13N3O/c1-5(2)10-6(11)4-9(3)7(10)8/h5,8H,4H2,1-3H3. The van der Waals surface area contributed by atoms with Crippen molar-refractivity contribution in [3.8, 4) is 0 Å². The quantitative estimate of drug-likeness (QED) is 0.584. The van der Waals surface area contributed by atoms with E-state index in [4.69, 9.17) is 5.41 Å². The Morgan fingerprint density at radius 3 is 2.27 bits per heavy atom. The van der Waals surface area contributed by atoms with Gasteiger partial charge in [0.25, 0.3) is 0 Å². The fourth-order valence-electron chi connectivity index (χ4n) is 1.19. The summed E-state index contributed by atoms with van der Waals surface area (Å²) >= 11 is 0. The molecule has 0 aliphatic carbocycles. The van der Waals surface area contributed by atoms with E-state index < -0.39 is 0 Å². The van der Waals surface area contributed by atoms with Crippen molar-refractivity contribution in [2.75, 3.05) is 13.6 Å². The Hall–Kier alpha value is -1.06. The van der Waals surface area contributed by atoms with Crippen molar-refractivity contribution in [2.24, 2.45) is 0 Å².